The zero-order valence-corrected chi connectivity index (χ0v) is 38.9. The zero-order valence-electron chi connectivity index (χ0n) is 37.1. The van der Waals surface area contributed by atoms with Crippen molar-refractivity contribution in [3.63, 3.8) is 0 Å². The van der Waals surface area contributed by atoms with Crippen LogP contribution in [-0.4, -0.2) is 159 Å². The van der Waals surface area contributed by atoms with Crippen molar-refractivity contribution in [1.82, 2.24) is 30.4 Å². The SMILES string of the molecule is CCn1cncc1C[C@H](CC(=O)[C@H](CC(C)C)NC(=O)[C@@H]1CCCN1C(=O)CCOCCOCCNC(=O)[C@@H](N)CS)C(=O)N[C@@H](CO)C(=O)C[C@H](C(N)=O)[C@@H](C)OP(=O)(O)O.O=C=O. The number of ketones is 2. The van der Waals surface area contributed by atoms with Gasteiger partial charge in [0.25, 0.3) is 0 Å². The number of nitrogens with two attached hydrogens (primary N) is 2. The summed E-state index contributed by atoms with van der Waals surface area (Å²) in [5.41, 5.74) is 11.6. The number of thiol groups is 1. The number of carbonyl (C=O) groups is 7. The number of aryl methyl sites for hydroxylation is 1. The second-order valence-electron chi connectivity index (χ2n) is 15.5. The highest BCUT2D eigenvalue weighted by Crippen LogP contribution is 2.39. The Kier molecular flexibility index (Phi) is 27.7. The van der Waals surface area contributed by atoms with Crippen LogP contribution in [-0.2, 0) is 74.7 Å². The molecule has 0 saturated carbocycles. The van der Waals surface area contributed by atoms with E-state index in [1.807, 2.05) is 20.8 Å². The number of likely N-dealkylation sites (tertiary alicyclic amines) is 1. The summed E-state index contributed by atoms with van der Waals surface area (Å²) in [6.07, 6.45) is 1.78. The summed E-state index contributed by atoms with van der Waals surface area (Å²) >= 11 is 3.98. The topological polar surface area (TPSA) is 368 Å². The number of hydrogen-bond donors (Lipinski definition) is 9. The van der Waals surface area contributed by atoms with Crippen molar-refractivity contribution in [2.75, 3.05) is 51.9 Å². The predicted molar refractivity (Wildman–Crippen MR) is 231 cm³/mol. The number of amides is 5. The van der Waals surface area contributed by atoms with Crippen molar-refractivity contribution < 1.29 is 76.6 Å². The minimum Gasteiger partial charge on any atom is -0.394 e. The third-order valence-corrected chi connectivity index (χ3v) is 11.2. The number of ether oxygens (including phenoxy) is 2. The number of aliphatic hydroxyl groups is 1. The van der Waals surface area contributed by atoms with Crippen molar-refractivity contribution >= 4 is 67.7 Å². The lowest BCUT2D eigenvalue weighted by atomic mass is 9.89. The lowest BCUT2D eigenvalue weighted by Crippen LogP contribution is -2.52. The van der Waals surface area contributed by atoms with E-state index < -0.39 is 98.7 Å². The molecular formula is C39H65N8O16PS. The first-order valence-electron chi connectivity index (χ1n) is 21.0. The van der Waals surface area contributed by atoms with Crippen LogP contribution in [0.1, 0.15) is 71.9 Å². The summed E-state index contributed by atoms with van der Waals surface area (Å²) in [5, 5.41) is 18.0. The van der Waals surface area contributed by atoms with Crippen LogP contribution in [0.4, 0.5) is 0 Å². The van der Waals surface area contributed by atoms with Gasteiger partial charge in [-0.15, -0.1) is 0 Å². The monoisotopic (exact) mass is 964 g/mol. The van der Waals surface area contributed by atoms with E-state index in [0.717, 1.165) is 6.92 Å². The van der Waals surface area contributed by atoms with E-state index in [2.05, 4.69) is 38.1 Å². The highest BCUT2D eigenvalue weighted by atomic mass is 32.1. The number of aliphatic hydroxyl groups excluding tert-OH is 1. The predicted octanol–water partition coefficient (Wildman–Crippen LogP) is -2.21. The molecule has 1 saturated heterocycles. The summed E-state index contributed by atoms with van der Waals surface area (Å²) in [5.74, 6) is -6.98. The van der Waals surface area contributed by atoms with Gasteiger partial charge in [0.2, 0.25) is 29.5 Å². The average Bonchev–Trinajstić information content (AvgIpc) is 3.92. The molecule has 5 amide bonds. The van der Waals surface area contributed by atoms with Gasteiger partial charge in [0.1, 0.15) is 12.1 Å². The number of rotatable bonds is 31. The molecule has 0 aliphatic carbocycles. The van der Waals surface area contributed by atoms with Gasteiger partial charge in [-0.25, -0.2) is 9.55 Å². The molecule has 2 heterocycles. The molecule has 1 aromatic rings. The van der Waals surface area contributed by atoms with E-state index in [9.17, 15) is 53.0 Å². The Labute approximate surface area is 382 Å². The van der Waals surface area contributed by atoms with Crippen LogP contribution >= 0.6 is 20.5 Å². The largest absolute Gasteiger partial charge is 0.469 e. The second-order valence-corrected chi connectivity index (χ2v) is 17.1. The molecular weight excluding hydrogens is 900 g/mol. The van der Waals surface area contributed by atoms with Crippen LogP contribution in [0, 0.1) is 17.8 Å². The fourth-order valence-corrected chi connectivity index (χ4v) is 7.54. The molecule has 0 aromatic carbocycles. The molecule has 368 valence electrons. The van der Waals surface area contributed by atoms with Gasteiger partial charge in [-0.1, -0.05) is 13.8 Å². The van der Waals surface area contributed by atoms with Crippen molar-refractivity contribution in [1.29, 1.82) is 0 Å². The van der Waals surface area contributed by atoms with Gasteiger partial charge in [0.05, 0.1) is 75.8 Å². The molecule has 0 unspecified atom stereocenters. The van der Waals surface area contributed by atoms with Gasteiger partial charge < -0.3 is 61.3 Å². The minimum atomic E-state index is -5.07. The smallest absolute Gasteiger partial charge is 0.394 e. The van der Waals surface area contributed by atoms with Crippen molar-refractivity contribution in [2.24, 2.45) is 29.2 Å². The summed E-state index contributed by atoms with van der Waals surface area (Å²) in [7, 11) is -5.07. The van der Waals surface area contributed by atoms with Crippen LogP contribution in [0.25, 0.3) is 0 Å². The normalized spacial score (nSPS) is 16.5. The molecule has 26 heteroatoms. The highest BCUT2D eigenvalue weighted by Gasteiger charge is 2.38. The molecule has 10 N–H and O–H groups in total. The van der Waals surface area contributed by atoms with Crippen molar-refractivity contribution in [2.45, 2.75) is 109 Å². The third kappa shape index (κ3) is 22.1. The van der Waals surface area contributed by atoms with E-state index in [1.54, 1.807) is 10.9 Å². The maximum Gasteiger partial charge on any atom is 0.469 e. The van der Waals surface area contributed by atoms with Crippen molar-refractivity contribution in [3.8, 4) is 0 Å². The molecule has 7 atom stereocenters. The number of nitrogens with zero attached hydrogens (tertiary/aromatic N) is 3. The van der Waals surface area contributed by atoms with Gasteiger partial charge in [0, 0.05) is 56.5 Å². The average molecular weight is 965 g/mol. The summed E-state index contributed by atoms with van der Waals surface area (Å²) < 4.78 is 28.6. The fraction of sp³-hybridized carbons (Fsp3) is 0.718. The van der Waals surface area contributed by atoms with Gasteiger partial charge in [-0.2, -0.15) is 22.2 Å². The van der Waals surface area contributed by atoms with E-state index in [1.165, 1.54) is 11.1 Å². The number of imidazole rings is 1. The molecule has 1 aromatic heterocycles. The van der Waals surface area contributed by atoms with E-state index in [0.29, 0.717) is 31.6 Å². The molecule has 2 rings (SSSR count). The molecule has 0 bridgehead atoms. The summed E-state index contributed by atoms with van der Waals surface area (Å²) in [6, 6.07) is -4.19. The number of phosphoric ester groups is 1. The lowest BCUT2D eigenvalue weighted by Gasteiger charge is -2.28. The van der Waals surface area contributed by atoms with Crippen LogP contribution in [0.15, 0.2) is 12.5 Å². The first-order valence-corrected chi connectivity index (χ1v) is 23.2. The number of carbonyl (C=O) groups excluding carboxylic acids is 9. The van der Waals surface area contributed by atoms with Crippen LogP contribution in [0.3, 0.4) is 0 Å². The third-order valence-electron chi connectivity index (χ3n) is 10.2. The van der Waals surface area contributed by atoms with Crippen molar-refractivity contribution in [3.05, 3.63) is 18.2 Å². The molecule has 0 spiro atoms. The Morgan fingerprint density at radius 3 is 2.18 bits per heavy atom. The van der Waals surface area contributed by atoms with Crippen LogP contribution < -0.4 is 27.4 Å². The zero-order chi connectivity index (χ0) is 49.3. The lowest BCUT2D eigenvalue weighted by molar-refractivity contribution is -0.191. The summed E-state index contributed by atoms with van der Waals surface area (Å²) in [6.45, 7) is 7.60. The molecule has 1 aliphatic heterocycles. The number of aromatic nitrogens is 2. The fourth-order valence-electron chi connectivity index (χ4n) is 6.80. The quantitative estimate of drug-likeness (QED) is 0.0216. The van der Waals surface area contributed by atoms with Gasteiger partial charge in [-0.3, -0.25) is 38.1 Å². The standard InChI is InChI=1S/C38H65N8O14PS.CO2/c1-5-45-22-41-19-26(45)16-25(36(52)44-30(20-47)33(49)18-27(35(40)51)24(4)60-61(55,56)57)17-32(48)29(15-23(2)3)43-38(54)31-7-6-10-46(31)34(50)8-11-58-13-14-59-12-9-42-37(53)28(39)21-62;2-1-3/h19,22-25,27-31,47,62H,5-18,20-21,39H2,1-4H3,(H2,40,51)(H,42,53)(H,43,54)(H,44,52)(H2,55,56,57);/t24-,25-,27+,28+,29+,30+,31+;/m1./s1. The number of hydrogen-bond acceptors (Lipinski definition) is 17. The Balaban J connectivity index is 0.00000684. The molecule has 65 heavy (non-hydrogen) atoms. The number of phosphoric acid groups is 1. The van der Waals surface area contributed by atoms with Gasteiger partial charge >= 0.3 is 14.0 Å². The summed E-state index contributed by atoms with van der Waals surface area (Å²) in [4.78, 5) is 132. The van der Waals surface area contributed by atoms with E-state index in [4.69, 9.17) is 30.5 Å². The molecule has 1 fully saturated rings. The minimum absolute atomic E-state index is 0.00165. The van der Waals surface area contributed by atoms with Gasteiger partial charge in [-0.05, 0) is 39.0 Å². The van der Waals surface area contributed by atoms with E-state index >= 15 is 0 Å². The molecule has 1 aliphatic rings. The molecule has 24 nitrogen and oxygen atoms in total. The number of nitrogens with one attached hydrogen (secondary N) is 3. The highest BCUT2D eigenvalue weighted by molar-refractivity contribution is 7.80. The maximum absolute atomic E-state index is 14.1. The molecule has 0 radical (unpaired) electrons. The number of Topliss-reactive ketones (excluding diaryl/α,β-unsaturated/α-hetero) is 2. The van der Waals surface area contributed by atoms with Crippen LogP contribution in [0.5, 0.6) is 0 Å². The maximum atomic E-state index is 14.1. The first-order chi connectivity index (χ1) is 30.6. The Bertz CT molecular complexity index is 1790. The second kappa shape index (κ2) is 30.7. The Morgan fingerprint density at radius 1 is 0.985 bits per heavy atom. The Hall–Kier alpha value is -4.42. The number of primary amides is 1. The first kappa shape index (κ1) is 58.6. The Morgan fingerprint density at radius 2 is 1.62 bits per heavy atom. The van der Waals surface area contributed by atoms with Crippen LogP contribution in [0.2, 0.25) is 0 Å². The van der Waals surface area contributed by atoms with E-state index in [-0.39, 0.29) is 81.9 Å². The van der Waals surface area contributed by atoms with Gasteiger partial charge in [0.15, 0.2) is 11.6 Å².